The molecule has 0 saturated heterocycles. The maximum atomic E-state index is 5.60. The fraction of sp³-hybridized carbons (Fsp3) is 0.333. The summed E-state index contributed by atoms with van der Waals surface area (Å²) in [7, 11) is 0. The molecule has 2 heterocycles. The molecule has 0 aliphatic rings. The molecule has 0 aromatic carbocycles. The monoisotopic (exact) mass is 204 g/mol. The van der Waals surface area contributed by atoms with E-state index in [1.54, 1.807) is 10.7 Å². The number of anilines is 1. The molecule has 78 valence electrons. The second-order valence-corrected chi connectivity index (χ2v) is 3.52. The molecule has 2 rings (SSSR count). The van der Waals surface area contributed by atoms with Crippen molar-refractivity contribution in [2.45, 2.75) is 19.8 Å². The first-order valence-electron chi connectivity index (χ1n) is 4.69. The van der Waals surface area contributed by atoms with Gasteiger partial charge in [0.05, 0.1) is 0 Å². The zero-order valence-corrected chi connectivity index (χ0v) is 8.62. The van der Waals surface area contributed by atoms with Crippen LogP contribution in [0.25, 0.3) is 5.82 Å². The van der Waals surface area contributed by atoms with E-state index in [9.17, 15) is 0 Å². The van der Waals surface area contributed by atoms with Gasteiger partial charge in [0.15, 0.2) is 11.6 Å². The maximum Gasteiger partial charge on any atom is 0.161 e. The molecule has 2 aromatic rings. The summed E-state index contributed by atoms with van der Waals surface area (Å²) in [5.74, 6) is 2.11. The van der Waals surface area contributed by atoms with Crippen molar-refractivity contribution < 1.29 is 0 Å². The van der Waals surface area contributed by atoms with Crippen LogP contribution in [0.15, 0.2) is 18.2 Å². The lowest BCUT2D eigenvalue weighted by Crippen LogP contribution is -2.07. The highest BCUT2D eigenvalue weighted by molar-refractivity contribution is 5.35. The van der Waals surface area contributed by atoms with Crippen molar-refractivity contribution in [2.75, 3.05) is 5.73 Å². The van der Waals surface area contributed by atoms with Crippen LogP contribution in [0.3, 0.4) is 0 Å². The third-order valence-corrected chi connectivity index (χ3v) is 1.98. The normalized spacial score (nSPS) is 10.9. The molecule has 0 aliphatic heterocycles. The number of nitrogen functional groups attached to an aromatic ring is 1. The molecule has 0 atom stereocenters. The molecule has 0 aliphatic carbocycles. The number of rotatable bonds is 2. The Bertz CT molecular complexity index is 461. The lowest BCUT2D eigenvalue weighted by molar-refractivity contribution is 0.698. The van der Waals surface area contributed by atoms with Crippen molar-refractivity contribution in [3.63, 3.8) is 0 Å². The van der Waals surface area contributed by atoms with Crippen LogP contribution in [0.1, 0.15) is 25.6 Å². The summed E-state index contributed by atoms with van der Waals surface area (Å²) in [4.78, 5) is 4.16. The summed E-state index contributed by atoms with van der Waals surface area (Å²) in [5.41, 5.74) is 5.60. The number of nitrogens with two attached hydrogens (primary N) is 1. The minimum Gasteiger partial charge on any atom is -0.384 e. The van der Waals surface area contributed by atoms with E-state index in [4.69, 9.17) is 5.73 Å². The van der Waals surface area contributed by atoms with Crippen molar-refractivity contribution in [1.29, 1.82) is 0 Å². The number of pyridine rings is 1. The van der Waals surface area contributed by atoms with Gasteiger partial charge in [0, 0.05) is 5.92 Å². The summed E-state index contributed by atoms with van der Waals surface area (Å²) >= 11 is 0. The summed E-state index contributed by atoms with van der Waals surface area (Å²) in [5, 5.41) is 11.5. The third-order valence-electron chi connectivity index (χ3n) is 1.98. The Morgan fingerprint density at radius 1 is 1.33 bits per heavy atom. The highest BCUT2D eigenvalue weighted by Gasteiger charge is 2.12. The van der Waals surface area contributed by atoms with Crippen molar-refractivity contribution in [3.05, 3.63) is 24.0 Å². The van der Waals surface area contributed by atoms with Gasteiger partial charge in [-0.05, 0) is 22.6 Å². The molecule has 15 heavy (non-hydrogen) atoms. The van der Waals surface area contributed by atoms with Gasteiger partial charge in [-0.2, -0.15) is 4.68 Å². The van der Waals surface area contributed by atoms with Gasteiger partial charge in [0.1, 0.15) is 5.82 Å². The van der Waals surface area contributed by atoms with Gasteiger partial charge in [-0.25, -0.2) is 4.98 Å². The van der Waals surface area contributed by atoms with Crippen LogP contribution in [-0.4, -0.2) is 25.2 Å². The Labute approximate surface area is 87.1 Å². The third kappa shape index (κ3) is 1.78. The first-order valence-corrected chi connectivity index (χ1v) is 4.69. The summed E-state index contributed by atoms with van der Waals surface area (Å²) in [6.45, 7) is 4.04. The van der Waals surface area contributed by atoms with Crippen LogP contribution in [0, 0.1) is 0 Å². The average molecular weight is 204 g/mol. The standard InChI is InChI=1S/C9H12N6/c1-6(2)9-12-13-14-15(9)8-5-3-4-7(10)11-8/h3-6H,1-2H3,(H2,10,11). The number of nitrogens with zero attached hydrogens (tertiary/aromatic N) is 5. The molecule has 0 amide bonds. The van der Waals surface area contributed by atoms with Gasteiger partial charge in [-0.1, -0.05) is 19.9 Å². The Hall–Kier alpha value is -1.98. The quantitative estimate of drug-likeness (QED) is 0.781. The number of aromatic nitrogens is 5. The summed E-state index contributed by atoms with van der Waals surface area (Å²) in [6, 6.07) is 5.37. The van der Waals surface area contributed by atoms with Gasteiger partial charge < -0.3 is 5.73 Å². The minimum atomic E-state index is 0.239. The first-order chi connectivity index (χ1) is 7.18. The van der Waals surface area contributed by atoms with E-state index < -0.39 is 0 Å². The van der Waals surface area contributed by atoms with Gasteiger partial charge in [-0.3, -0.25) is 0 Å². The van der Waals surface area contributed by atoms with Crippen LogP contribution < -0.4 is 5.73 Å². The van der Waals surface area contributed by atoms with E-state index >= 15 is 0 Å². The second-order valence-electron chi connectivity index (χ2n) is 3.52. The molecule has 2 N–H and O–H groups in total. The Balaban J connectivity index is 2.49. The maximum absolute atomic E-state index is 5.60. The minimum absolute atomic E-state index is 0.239. The van der Waals surface area contributed by atoms with Gasteiger partial charge in [0.25, 0.3) is 0 Å². The largest absolute Gasteiger partial charge is 0.384 e. The van der Waals surface area contributed by atoms with Crippen molar-refractivity contribution in [2.24, 2.45) is 0 Å². The topological polar surface area (TPSA) is 82.5 Å². The van der Waals surface area contributed by atoms with E-state index in [1.165, 1.54) is 0 Å². The van der Waals surface area contributed by atoms with Crippen molar-refractivity contribution in [3.8, 4) is 5.82 Å². The fourth-order valence-electron chi connectivity index (χ4n) is 1.27. The zero-order chi connectivity index (χ0) is 10.8. The van der Waals surface area contributed by atoms with E-state index in [0.29, 0.717) is 11.6 Å². The van der Waals surface area contributed by atoms with E-state index in [2.05, 4.69) is 20.5 Å². The number of hydrogen-bond acceptors (Lipinski definition) is 5. The van der Waals surface area contributed by atoms with Gasteiger partial charge in [-0.15, -0.1) is 5.10 Å². The lowest BCUT2D eigenvalue weighted by atomic mass is 10.2. The van der Waals surface area contributed by atoms with Gasteiger partial charge >= 0.3 is 0 Å². The highest BCUT2D eigenvalue weighted by Crippen LogP contribution is 2.13. The molecule has 0 saturated carbocycles. The molecule has 0 unspecified atom stereocenters. The SMILES string of the molecule is CC(C)c1nnnn1-c1cccc(N)n1. The van der Waals surface area contributed by atoms with E-state index in [0.717, 1.165) is 5.82 Å². The molecule has 0 fully saturated rings. The van der Waals surface area contributed by atoms with Crippen molar-refractivity contribution in [1.82, 2.24) is 25.2 Å². The number of hydrogen-bond donors (Lipinski definition) is 1. The lowest BCUT2D eigenvalue weighted by Gasteiger charge is -2.05. The Morgan fingerprint density at radius 3 is 2.80 bits per heavy atom. The average Bonchev–Trinajstić information content (AvgIpc) is 2.65. The first kappa shape index (κ1) is 9.57. The molecule has 0 bridgehead atoms. The molecule has 6 heteroatoms. The fourth-order valence-corrected chi connectivity index (χ4v) is 1.27. The Morgan fingerprint density at radius 2 is 2.13 bits per heavy atom. The predicted octanol–water partition coefficient (Wildman–Crippen LogP) is 0.763. The molecular formula is C9H12N6. The van der Waals surface area contributed by atoms with Crippen LogP contribution in [0.5, 0.6) is 0 Å². The molecule has 0 radical (unpaired) electrons. The molecule has 6 nitrogen and oxygen atoms in total. The van der Waals surface area contributed by atoms with E-state index in [-0.39, 0.29) is 5.92 Å². The number of tetrazole rings is 1. The van der Waals surface area contributed by atoms with Crippen LogP contribution in [-0.2, 0) is 0 Å². The van der Waals surface area contributed by atoms with Gasteiger partial charge in [0.2, 0.25) is 0 Å². The van der Waals surface area contributed by atoms with Crippen LogP contribution in [0.4, 0.5) is 5.82 Å². The second kappa shape index (κ2) is 3.64. The summed E-state index contributed by atoms with van der Waals surface area (Å²) in [6.07, 6.45) is 0. The highest BCUT2D eigenvalue weighted by atomic mass is 15.6. The molecule has 0 spiro atoms. The van der Waals surface area contributed by atoms with E-state index in [1.807, 2.05) is 26.0 Å². The van der Waals surface area contributed by atoms with Crippen LogP contribution >= 0.6 is 0 Å². The smallest absolute Gasteiger partial charge is 0.161 e. The van der Waals surface area contributed by atoms with Crippen molar-refractivity contribution >= 4 is 5.82 Å². The summed E-state index contributed by atoms with van der Waals surface area (Å²) < 4.78 is 1.60. The molecular weight excluding hydrogens is 192 g/mol. The van der Waals surface area contributed by atoms with Crippen LogP contribution in [0.2, 0.25) is 0 Å². The molecule has 2 aromatic heterocycles. The predicted molar refractivity (Wildman–Crippen MR) is 55.5 cm³/mol. The Kier molecular flexibility index (Phi) is 2.32. The zero-order valence-electron chi connectivity index (χ0n) is 8.62.